The van der Waals surface area contributed by atoms with Gasteiger partial charge in [0.25, 0.3) is 0 Å². The average Bonchev–Trinajstić information content (AvgIpc) is 2.47. The lowest BCUT2D eigenvalue weighted by Crippen LogP contribution is -2.37. The summed E-state index contributed by atoms with van der Waals surface area (Å²) in [6.45, 7) is 11.2. The minimum absolute atomic E-state index is 0.619. The van der Waals surface area contributed by atoms with E-state index in [0.717, 1.165) is 38.1 Å². The standard InChI is InChI=1S/C18H32N2O/c1-4-6-18(15-17(3)7-5-14-21)19-10-13-20-11-8-16(2)9-12-20/h6,14-16,19H,4-5,7-13H2,1-3H3/b17-15+,18-6-. The number of nitrogens with one attached hydrogen (secondary N) is 1. The Morgan fingerprint density at radius 2 is 2.05 bits per heavy atom. The summed E-state index contributed by atoms with van der Waals surface area (Å²) in [5.74, 6) is 0.896. The first-order valence-corrected chi connectivity index (χ1v) is 8.42. The number of nitrogens with zero attached hydrogens (tertiary/aromatic N) is 1. The van der Waals surface area contributed by atoms with Gasteiger partial charge in [0.15, 0.2) is 0 Å². The molecule has 1 saturated heterocycles. The van der Waals surface area contributed by atoms with Crippen LogP contribution in [-0.4, -0.2) is 37.4 Å². The number of rotatable bonds is 9. The Bertz CT molecular complexity index is 352. The predicted molar refractivity (Wildman–Crippen MR) is 90.3 cm³/mol. The van der Waals surface area contributed by atoms with Gasteiger partial charge in [-0.1, -0.05) is 25.5 Å². The van der Waals surface area contributed by atoms with E-state index in [-0.39, 0.29) is 0 Å². The zero-order valence-electron chi connectivity index (χ0n) is 14.0. The summed E-state index contributed by atoms with van der Waals surface area (Å²) in [6, 6.07) is 0. The van der Waals surface area contributed by atoms with Gasteiger partial charge in [-0.05, 0) is 57.7 Å². The van der Waals surface area contributed by atoms with Crippen LogP contribution in [0.3, 0.4) is 0 Å². The van der Waals surface area contributed by atoms with Crippen LogP contribution >= 0.6 is 0 Å². The fourth-order valence-electron chi connectivity index (χ4n) is 2.67. The van der Waals surface area contributed by atoms with Crippen LogP contribution < -0.4 is 5.32 Å². The second-order valence-electron chi connectivity index (χ2n) is 6.21. The molecule has 120 valence electrons. The number of likely N-dealkylation sites (tertiary alicyclic amines) is 1. The molecule has 1 aliphatic heterocycles. The van der Waals surface area contributed by atoms with Crippen molar-refractivity contribution in [2.45, 2.75) is 52.9 Å². The van der Waals surface area contributed by atoms with E-state index in [1.54, 1.807) is 0 Å². The zero-order valence-corrected chi connectivity index (χ0v) is 14.0. The fraction of sp³-hybridized carbons (Fsp3) is 0.722. The van der Waals surface area contributed by atoms with Crippen LogP contribution in [0.4, 0.5) is 0 Å². The summed E-state index contributed by atoms with van der Waals surface area (Å²) in [4.78, 5) is 13.0. The molecule has 0 bridgehead atoms. The quantitative estimate of drug-likeness (QED) is 0.521. The third kappa shape index (κ3) is 8.05. The van der Waals surface area contributed by atoms with Gasteiger partial charge >= 0.3 is 0 Å². The third-order valence-electron chi connectivity index (χ3n) is 4.12. The molecule has 1 heterocycles. The van der Waals surface area contributed by atoms with E-state index in [1.807, 2.05) is 0 Å². The van der Waals surface area contributed by atoms with Crippen LogP contribution in [0.15, 0.2) is 23.4 Å². The number of aldehydes is 1. The highest BCUT2D eigenvalue weighted by molar-refractivity contribution is 5.49. The monoisotopic (exact) mass is 292 g/mol. The first-order valence-electron chi connectivity index (χ1n) is 8.42. The Hall–Kier alpha value is -1.09. The summed E-state index contributed by atoms with van der Waals surface area (Å²) in [7, 11) is 0. The topological polar surface area (TPSA) is 32.3 Å². The van der Waals surface area contributed by atoms with E-state index in [1.165, 1.54) is 37.2 Å². The van der Waals surface area contributed by atoms with E-state index in [9.17, 15) is 4.79 Å². The third-order valence-corrected chi connectivity index (χ3v) is 4.12. The van der Waals surface area contributed by atoms with Crippen molar-refractivity contribution >= 4 is 6.29 Å². The van der Waals surface area contributed by atoms with Gasteiger partial charge in [0.1, 0.15) is 6.29 Å². The fourth-order valence-corrected chi connectivity index (χ4v) is 2.67. The summed E-state index contributed by atoms with van der Waals surface area (Å²) in [5, 5.41) is 3.54. The number of hydrogen-bond donors (Lipinski definition) is 1. The number of hydrogen-bond acceptors (Lipinski definition) is 3. The van der Waals surface area contributed by atoms with Gasteiger partial charge in [-0.25, -0.2) is 0 Å². The first-order chi connectivity index (χ1) is 10.2. The van der Waals surface area contributed by atoms with Crippen molar-refractivity contribution in [2.75, 3.05) is 26.2 Å². The smallest absolute Gasteiger partial charge is 0.120 e. The number of carbonyl (C=O) groups excluding carboxylic acids is 1. The van der Waals surface area contributed by atoms with Crippen LogP contribution in [0.1, 0.15) is 52.9 Å². The van der Waals surface area contributed by atoms with Crippen molar-refractivity contribution in [3.63, 3.8) is 0 Å². The number of piperidine rings is 1. The van der Waals surface area contributed by atoms with E-state index < -0.39 is 0 Å². The maximum atomic E-state index is 10.4. The molecule has 0 atom stereocenters. The van der Waals surface area contributed by atoms with E-state index in [4.69, 9.17) is 0 Å². The predicted octanol–water partition coefficient (Wildman–Crippen LogP) is 3.53. The van der Waals surface area contributed by atoms with Gasteiger partial charge < -0.3 is 15.0 Å². The molecule has 0 saturated carbocycles. The van der Waals surface area contributed by atoms with E-state index in [2.05, 4.69) is 43.1 Å². The van der Waals surface area contributed by atoms with Crippen LogP contribution in [0.2, 0.25) is 0 Å². The van der Waals surface area contributed by atoms with Gasteiger partial charge in [0.05, 0.1) is 0 Å². The Morgan fingerprint density at radius 3 is 2.67 bits per heavy atom. The molecule has 21 heavy (non-hydrogen) atoms. The molecule has 3 nitrogen and oxygen atoms in total. The number of carbonyl (C=O) groups is 1. The highest BCUT2D eigenvalue weighted by Crippen LogP contribution is 2.15. The minimum Gasteiger partial charge on any atom is -0.384 e. The summed E-state index contributed by atoms with van der Waals surface area (Å²) >= 11 is 0. The molecule has 0 aliphatic carbocycles. The van der Waals surface area contributed by atoms with Crippen LogP contribution in [-0.2, 0) is 4.79 Å². The summed E-state index contributed by atoms with van der Waals surface area (Å²) in [6.07, 6.45) is 10.6. The van der Waals surface area contributed by atoms with Crippen molar-refractivity contribution in [1.82, 2.24) is 10.2 Å². The normalized spacial score (nSPS) is 18.8. The molecule has 0 aromatic carbocycles. The van der Waals surface area contributed by atoms with Gasteiger partial charge in [-0.2, -0.15) is 0 Å². The highest BCUT2D eigenvalue weighted by Gasteiger charge is 2.14. The second-order valence-corrected chi connectivity index (χ2v) is 6.21. The molecule has 1 fully saturated rings. The summed E-state index contributed by atoms with van der Waals surface area (Å²) < 4.78 is 0. The van der Waals surface area contributed by atoms with Crippen molar-refractivity contribution in [2.24, 2.45) is 5.92 Å². The molecule has 0 amide bonds. The minimum atomic E-state index is 0.619. The Morgan fingerprint density at radius 1 is 1.33 bits per heavy atom. The van der Waals surface area contributed by atoms with Gasteiger partial charge in [0, 0.05) is 25.2 Å². The maximum Gasteiger partial charge on any atom is 0.120 e. The first kappa shape index (κ1) is 18.0. The molecule has 0 spiro atoms. The van der Waals surface area contributed by atoms with Gasteiger partial charge in [0.2, 0.25) is 0 Å². The lowest BCUT2D eigenvalue weighted by molar-refractivity contribution is -0.107. The van der Waals surface area contributed by atoms with Crippen LogP contribution in [0.25, 0.3) is 0 Å². The molecular weight excluding hydrogens is 260 g/mol. The Kier molecular flexibility index (Phi) is 9.07. The van der Waals surface area contributed by atoms with Crippen molar-refractivity contribution in [3.8, 4) is 0 Å². The summed E-state index contributed by atoms with van der Waals surface area (Å²) in [5.41, 5.74) is 2.47. The largest absolute Gasteiger partial charge is 0.384 e. The lowest BCUT2D eigenvalue weighted by atomic mass is 9.99. The van der Waals surface area contributed by atoms with Crippen LogP contribution in [0.5, 0.6) is 0 Å². The van der Waals surface area contributed by atoms with Crippen molar-refractivity contribution in [1.29, 1.82) is 0 Å². The molecular formula is C18H32N2O. The number of allylic oxidation sites excluding steroid dienone is 3. The van der Waals surface area contributed by atoms with Gasteiger partial charge in [-0.15, -0.1) is 0 Å². The van der Waals surface area contributed by atoms with E-state index in [0.29, 0.717) is 6.42 Å². The molecule has 1 rings (SSSR count). The Balaban J connectivity index is 2.34. The van der Waals surface area contributed by atoms with Crippen molar-refractivity contribution in [3.05, 3.63) is 23.4 Å². The zero-order chi connectivity index (χ0) is 15.5. The SMILES string of the molecule is CC/C=C(/C=C(\C)CCC=O)NCCN1CCC(C)CC1. The second kappa shape index (κ2) is 10.6. The lowest BCUT2D eigenvalue weighted by Gasteiger charge is -2.30. The molecule has 3 heteroatoms. The molecule has 0 aromatic rings. The van der Waals surface area contributed by atoms with Crippen molar-refractivity contribution < 1.29 is 4.79 Å². The molecule has 1 aliphatic rings. The molecule has 1 N–H and O–H groups in total. The van der Waals surface area contributed by atoms with Gasteiger partial charge in [-0.3, -0.25) is 0 Å². The van der Waals surface area contributed by atoms with E-state index >= 15 is 0 Å². The molecule has 0 radical (unpaired) electrons. The highest BCUT2D eigenvalue weighted by atomic mass is 16.1. The average molecular weight is 292 g/mol. The molecule has 0 unspecified atom stereocenters. The Labute approximate surface area is 130 Å². The maximum absolute atomic E-state index is 10.4. The van der Waals surface area contributed by atoms with Crippen LogP contribution in [0, 0.1) is 5.92 Å². The molecule has 0 aromatic heterocycles.